The van der Waals surface area contributed by atoms with Crippen LogP contribution in [0.4, 0.5) is 10.5 Å². The van der Waals surface area contributed by atoms with Crippen LogP contribution in [0.1, 0.15) is 31.1 Å². The van der Waals surface area contributed by atoms with Crippen molar-refractivity contribution in [3.63, 3.8) is 0 Å². The summed E-state index contributed by atoms with van der Waals surface area (Å²) in [5.74, 6) is -0.0401. The van der Waals surface area contributed by atoms with Gasteiger partial charge in [-0.1, -0.05) is 0 Å². The second kappa shape index (κ2) is 4.86. The lowest BCUT2D eigenvalue weighted by Crippen LogP contribution is -2.27. The number of rotatable bonds is 2. The topological polar surface area (TPSA) is 75.6 Å². The van der Waals surface area contributed by atoms with E-state index >= 15 is 0 Å². The summed E-state index contributed by atoms with van der Waals surface area (Å²) >= 11 is 0. The van der Waals surface area contributed by atoms with E-state index in [1.54, 1.807) is 20.8 Å². The maximum absolute atomic E-state index is 11.5. The number of phenols is 1. The van der Waals surface area contributed by atoms with Gasteiger partial charge in [-0.3, -0.25) is 10.1 Å². The van der Waals surface area contributed by atoms with Crippen LogP contribution in [0.5, 0.6) is 5.75 Å². The van der Waals surface area contributed by atoms with Gasteiger partial charge in [-0.05, 0) is 32.9 Å². The van der Waals surface area contributed by atoms with Crippen LogP contribution in [0.25, 0.3) is 0 Å². The van der Waals surface area contributed by atoms with Gasteiger partial charge >= 0.3 is 6.09 Å². The highest BCUT2D eigenvalue weighted by molar-refractivity contribution is 5.93. The fourth-order valence-corrected chi connectivity index (χ4v) is 1.17. The minimum absolute atomic E-state index is 0.0401. The van der Waals surface area contributed by atoms with Crippen molar-refractivity contribution < 1.29 is 19.4 Å². The molecule has 0 fully saturated rings. The third-order valence-corrected chi connectivity index (χ3v) is 1.80. The molecule has 1 rings (SSSR count). The molecule has 0 heterocycles. The minimum Gasteiger partial charge on any atom is -0.508 e. The lowest BCUT2D eigenvalue weighted by molar-refractivity contribution is 0.0636. The number of ether oxygens (including phenoxy) is 1. The third-order valence-electron chi connectivity index (χ3n) is 1.80. The molecule has 0 radical (unpaired) electrons. The molecule has 0 saturated carbocycles. The maximum atomic E-state index is 11.5. The summed E-state index contributed by atoms with van der Waals surface area (Å²) < 4.78 is 5.03. The lowest BCUT2D eigenvalue weighted by atomic mass is 10.2. The fraction of sp³-hybridized carbons (Fsp3) is 0.333. The Kier molecular flexibility index (Phi) is 3.73. The molecule has 1 amide bonds. The van der Waals surface area contributed by atoms with Crippen LogP contribution in [0, 0.1) is 0 Å². The highest BCUT2D eigenvalue weighted by Crippen LogP contribution is 2.21. The lowest BCUT2D eigenvalue weighted by Gasteiger charge is -2.20. The van der Waals surface area contributed by atoms with Crippen LogP contribution in [0.15, 0.2) is 18.2 Å². The van der Waals surface area contributed by atoms with Crippen LogP contribution in [-0.2, 0) is 4.74 Å². The Labute approximate surface area is 99.4 Å². The van der Waals surface area contributed by atoms with E-state index in [0.717, 1.165) is 0 Å². The molecule has 92 valence electrons. The Bertz CT molecular complexity index is 435. The zero-order valence-corrected chi connectivity index (χ0v) is 9.98. The summed E-state index contributed by atoms with van der Waals surface area (Å²) in [7, 11) is 0. The van der Waals surface area contributed by atoms with Gasteiger partial charge in [0.05, 0.1) is 5.69 Å². The van der Waals surface area contributed by atoms with Gasteiger partial charge in [-0.2, -0.15) is 0 Å². The molecule has 0 aromatic heterocycles. The van der Waals surface area contributed by atoms with Gasteiger partial charge in [0.1, 0.15) is 11.4 Å². The highest BCUT2D eigenvalue weighted by atomic mass is 16.6. The first kappa shape index (κ1) is 13.0. The van der Waals surface area contributed by atoms with E-state index in [9.17, 15) is 14.7 Å². The highest BCUT2D eigenvalue weighted by Gasteiger charge is 2.17. The van der Waals surface area contributed by atoms with E-state index in [0.29, 0.717) is 6.29 Å². The van der Waals surface area contributed by atoms with Gasteiger partial charge in [-0.15, -0.1) is 0 Å². The molecule has 0 saturated heterocycles. The van der Waals surface area contributed by atoms with Crippen molar-refractivity contribution in [1.82, 2.24) is 0 Å². The van der Waals surface area contributed by atoms with Gasteiger partial charge in [0, 0.05) is 11.6 Å². The van der Waals surface area contributed by atoms with Crippen LogP contribution in [-0.4, -0.2) is 23.1 Å². The molecule has 0 spiro atoms. The molecule has 0 bridgehead atoms. The Hall–Kier alpha value is -2.04. The van der Waals surface area contributed by atoms with Gasteiger partial charge in [0.25, 0.3) is 0 Å². The Balaban J connectivity index is 2.84. The van der Waals surface area contributed by atoms with E-state index in [2.05, 4.69) is 5.32 Å². The minimum atomic E-state index is -0.675. The van der Waals surface area contributed by atoms with E-state index in [-0.39, 0.29) is 17.0 Å². The Morgan fingerprint density at radius 3 is 2.59 bits per heavy atom. The average Bonchev–Trinajstić information content (AvgIpc) is 2.14. The quantitative estimate of drug-likeness (QED) is 0.775. The molecule has 17 heavy (non-hydrogen) atoms. The van der Waals surface area contributed by atoms with Crippen molar-refractivity contribution in [2.45, 2.75) is 26.4 Å². The molecular weight excluding hydrogens is 222 g/mol. The number of aldehydes is 1. The van der Waals surface area contributed by atoms with Crippen LogP contribution >= 0.6 is 0 Å². The van der Waals surface area contributed by atoms with Crippen LogP contribution in [0.2, 0.25) is 0 Å². The summed E-state index contributed by atoms with van der Waals surface area (Å²) in [6, 6.07) is 4.06. The Morgan fingerprint density at radius 1 is 1.41 bits per heavy atom. The standard InChI is InChI=1S/C12H15NO4/c1-12(2,3)17-11(16)13-10-6-9(15)5-4-8(10)7-14/h4-7,15H,1-3H3,(H,13,16). The molecular formula is C12H15NO4. The molecule has 1 aromatic rings. The largest absolute Gasteiger partial charge is 0.508 e. The van der Waals surface area contributed by atoms with Gasteiger partial charge in [0.15, 0.2) is 6.29 Å². The van der Waals surface area contributed by atoms with Gasteiger partial charge < -0.3 is 9.84 Å². The average molecular weight is 237 g/mol. The number of amides is 1. The summed E-state index contributed by atoms with van der Waals surface area (Å²) in [6.07, 6.45) is -0.0854. The zero-order chi connectivity index (χ0) is 13.1. The molecule has 5 nitrogen and oxygen atoms in total. The number of hydrogen-bond acceptors (Lipinski definition) is 4. The molecule has 0 aliphatic carbocycles. The van der Waals surface area contributed by atoms with E-state index in [4.69, 9.17) is 4.74 Å². The SMILES string of the molecule is CC(C)(C)OC(=O)Nc1cc(O)ccc1C=O. The molecule has 2 N–H and O–H groups in total. The predicted molar refractivity (Wildman–Crippen MR) is 63.4 cm³/mol. The third kappa shape index (κ3) is 4.14. The molecule has 0 unspecified atom stereocenters. The molecule has 0 atom stereocenters. The van der Waals surface area contributed by atoms with Crippen molar-refractivity contribution in [2.24, 2.45) is 0 Å². The number of phenolic OH excluding ortho intramolecular Hbond substituents is 1. The number of nitrogens with one attached hydrogen (secondary N) is 1. The second-order valence-corrected chi connectivity index (χ2v) is 4.52. The molecule has 0 aliphatic heterocycles. The molecule has 5 heteroatoms. The summed E-state index contributed by atoms with van der Waals surface area (Å²) in [5.41, 5.74) is -0.134. The van der Waals surface area contributed by atoms with Gasteiger partial charge in [-0.25, -0.2) is 4.79 Å². The van der Waals surface area contributed by atoms with Crippen LogP contribution in [0.3, 0.4) is 0 Å². The van der Waals surface area contributed by atoms with Crippen molar-refractivity contribution >= 4 is 18.1 Å². The summed E-state index contributed by atoms with van der Waals surface area (Å²) in [5, 5.41) is 11.7. The predicted octanol–water partition coefficient (Wildman–Crippen LogP) is 2.55. The smallest absolute Gasteiger partial charge is 0.412 e. The van der Waals surface area contributed by atoms with Gasteiger partial charge in [0.2, 0.25) is 0 Å². The number of anilines is 1. The Morgan fingerprint density at radius 2 is 2.06 bits per heavy atom. The number of carbonyl (C=O) groups is 2. The monoisotopic (exact) mass is 237 g/mol. The maximum Gasteiger partial charge on any atom is 0.412 e. The van der Waals surface area contributed by atoms with E-state index < -0.39 is 11.7 Å². The number of aromatic hydroxyl groups is 1. The summed E-state index contributed by atoms with van der Waals surface area (Å²) in [6.45, 7) is 5.20. The first-order valence-electron chi connectivity index (χ1n) is 5.10. The zero-order valence-electron chi connectivity index (χ0n) is 9.98. The van der Waals surface area contributed by atoms with Crippen LogP contribution < -0.4 is 5.32 Å². The van der Waals surface area contributed by atoms with Crippen molar-refractivity contribution in [3.8, 4) is 5.75 Å². The van der Waals surface area contributed by atoms with Crippen molar-refractivity contribution in [3.05, 3.63) is 23.8 Å². The summed E-state index contributed by atoms with van der Waals surface area (Å²) in [4.78, 5) is 22.2. The second-order valence-electron chi connectivity index (χ2n) is 4.52. The first-order chi connectivity index (χ1) is 7.81. The molecule has 0 aliphatic rings. The van der Waals surface area contributed by atoms with Crippen molar-refractivity contribution in [1.29, 1.82) is 0 Å². The number of benzene rings is 1. The number of carbonyl (C=O) groups excluding carboxylic acids is 2. The van der Waals surface area contributed by atoms with E-state index in [1.165, 1.54) is 18.2 Å². The van der Waals surface area contributed by atoms with Crippen molar-refractivity contribution in [2.75, 3.05) is 5.32 Å². The van der Waals surface area contributed by atoms with E-state index in [1.807, 2.05) is 0 Å². The molecule has 1 aromatic carbocycles. The number of hydrogen-bond donors (Lipinski definition) is 2. The normalized spacial score (nSPS) is 10.8. The fourth-order valence-electron chi connectivity index (χ4n) is 1.17. The first-order valence-corrected chi connectivity index (χ1v) is 5.10.